The summed E-state index contributed by atoms with van der Waals surface area (Å²) < 4.78 is 0. The first-order valence-electron chi connectivity index (χ1n) is 9.06. The molecule has 0 bridgehead atoms. The lowest BCUT2D eigenvalue weighted by atomic mass is 10.1. The minimum Gasteiger partial charge on any atom is -0.338 e. The summed E-state index contributed by atoms with van der Waals surface area (Å²) >= 11 is 1.43. The van der Waals surface area contributed by atoms with E-state index in [1.807, 2.05) is 30.3 Å². The molecular weight excluding hydrogens is 348 g/mol. The number of carbonyl (C=O) groups excluding carboxylic acids is 2. The van der Waals surface area contributed by atoms with Crippen LogP contribution >= 0.6 is 11.3 Å². The molecule has 1 fully saturated rings. The van der Waals surface area contributed by atoms with Crippen molar-refractivity contribution in [1.82, 2.24) is 15.1 Å². The van der Waals surface area contributed by atoms with E-state index in [0.29, 0.717) is 24.1 Å². The molecule has 0 unspecified atom stereocenters. The minimum atomic E-state index is -0.341. The van der Waals surface area contributed by atoms with Crippen LogP contribution in [0.25, 0.3) is 0 Å². The maximum Gasteiger partial charge on any atom is 0.231 e. The van der Waals surface area contributed by atoms with Gasteiger partial charge in [0.2, 0.25) is 16.9 Å². The molecule has 2 aromatic rings. The molecule has 2 amide bonds. The van der Waals surface area contributed by atoms with E-state index in [2.05, 4.69) is 29.4 Å². The first-order chi connectivity index (χ1) is 12.6. The van der Waals surface area contributed by atoms with Gasteiger partial charge in [-0.05, 0) is 18.4 Å². The topological polar surface area (TPSA) is 75.2 Å². The van der Waals surface area contributed by atoms with Crippen molar-refractivity contribution in [2.75, 3.05) is 11.9 Å². The number of hydrogen-bond donors (Lipinski definition) is 1. The Morgan fingerprint density at radius 2 is 2.00 bits per heavy atom. The highest BCUT2D eigenvalue weighted by atomic mass is 32.1. The predicted molar refractivity (Wildman–Crippen MR) is 102 cm³/mol. The Balaban J connectivity index is 1.58. The number of amides is 2. The van der Waals surface area contributed by atoms with Gasteiger partial charge >= 0.3 is 0 Å². The van der Waals surface area contributed by atoms with Crippen LogP contribution in [0.4, 0.5) is 5.13 Å². The van der Waals surface area contributed by atoms with E-state index in [1.54, 1.807) is 4.90 Å². The third-order valence-corrected chi connectivity index (χ3v) is 5.81. The second-order valence-corrected chi connectivity index (χ2v) is 7.62. The van der Waals surface area contributed by atoms with E-state index in [4.69, 9.17) is 0 Å². The number of aromatic nitrogens is 2. The Bertz CT molecular complexity index is 758. The second kappa shape index (κ2) is 8.40. The second-order valence-electron chi connectivity index (χ2n) is 6.61. The third kappa shape index (κ3) is 4.27. The molecule has 138 valence electrons. The van der Waals surface area contributed by atoms with E-state index in [1.165, 1.54) is 11.3 Å². The SMILES string of the molecule is CCC(CC)c1nnc(NC(=O)[C@H]2CC(=O)N(Cc3ccccc3)C2)s1. The highest BCUT2D eigenvalue weighted by Crippen LogP contribution is 2.29. The lowest BCUT2D eigenvalue weighted by Gasteiger charge is -2.16. The molecule has 6 nitrogen and oxygen atoms in total. The van der Waals surface area contributed by atoms with Gasteiger partial charge in [-0.3, -0.25) is 9.59 Å². The molecule has 7 heteroatoms. The van der Waals surface area contributed by atoms with Crippen molar-refractivity contribution in [3.05, 3.63) is 40.9 Å². The molecule has 26 heavy (non-hydrogen) atoms. The largest absolute Gasteiger partial charge is 0.338 e. The number of likely N-dealkylation sites (tertiary alicyclic amines) is 1. The minimum absolute atomic E-state index is 0.0176. The Labute approximate surface area is 157 Å². The monoisotopic (exact) mass is 372 g/mol. The van der Waals surface area contributed by atoms with Crippen molar-refractivity contribution in [2.24, 2.45) is 5.92 Å². The molecule has 1 N–H and O–H groups in total. The van der Waals surface area contributed by atoms with Gasteiger partial charge in [-0.15, -0.1) is 10.2 Å². The van der Waals surface area contributed by atoms with Gasteiger partial charge in [0.05, 0.1) is 5.92 Å². The fourth-order valence-electron chi connectivity index (χ4n) is 3.20. The number of carbonyl (C=O) groups is 2. The summed E-state index contributed by atoms with van der Waals surface area (Å²) in [5.41, 5.74) is 1.07. The average molecular weight is 372 g/mol. The molecule has 0 saturated carbocycles. The number of benzene rings is 1. The maximum atomic E-state index is 12.5. The van der Waals surface area contributed by atoms with E-state index in [0.717, 1.165) is 23.4 Å². The third-order valence-electron chi connectivity index (χ3n) is 4.81. The molecule has 1 aromatic carbocycles. The van der Waals surface area contributed by atoms with Crippen LogP contribution < -0.4 is 5.32 Å². The Hall–Kier alpha value is -2.28. The van der Waals surface area contributed by atoms with E-state index >= 15 is 0 Å². The van der Waals surface area contributed by atoms with Crippen molar-refractivity contribution >= 4 is 28.3 Å². The Morgan fingerprint density at radius 1 is 1.27 bits per heavy atom. The summed E-state index contributed by atoms with van der Waals surface area (Å²) in [4.78, 5) is 26.5. The van der Waals surface area contributed by atoms with Crippen LogP contribution in [0.5, 0.6) is 0 Å². The van der Waals surface area contributed by atoms with Crippen LogP contribution in [-0.2, 0) is 16.1 Å². The number of rotatable bonds is 7. The standard InChI is InChI=1S/C19H24N4O2S/c1-3-14(4-2)18-21-22-19(26-18)20-17(25)15-10-16(24)23(12-15)11-13-8-6-5-7-9-13/h5-9,14-15H,3-4,10-12H2,1-2H3,(H,20,22,25)/t15-/m0/s1. The predicted octanol–water partition coefficient (Wildman–Crippen LogP) is 3.43. The van der Waals surface area contributed by atoms with Gasteiger partial charge in [0.25, 0.3) is 0 Å². The normalized spacial score (nSPS) is 17.1. The molecule has 1 atom stereocenters. The van der Waals surface area contributed by atoms with Crippen LogP contribution in [-0.4, -0.2) is 33.5 Å². The summed E-state index contributed by atoms with van der Waals surface area (Å²) in [7, 11) is 0. The summed E-state index contributed by atoms with van der Waals surface area (Å²) in [6.07, 6.45) is 2.26. The number of nitrogens with one attached hydrogen (secondary N) is 1. The van der Waals surface area contributed by atoms with Crippen LogP contribution in [0.15, 0.2) is 30.3 Å². The molecule has 1 saturated heterocycles. The lowest BCUT2D eigenvalue weighted by molar-refractivity contribution is -0.128. The molecule has 1 aliphatic rings. The zero-order valence-corrected chi connectivity index (χ0v) is 16.0. The number of hydrogen-bond acceptors (Lipinski definition) is 5. The maximum absolute atomic E-state index is 12.5. The molecule has 0 radical (unpaired) electrons. The van der Waals surface area contributed by atoms with E-state index in [-0.39, 0.29) is 24.2 Å². The highest BCUT2D eigenvalue weighted by Gasteiger charge is 2.34. The van der Waals surface area contributed by atoms with Gasteiger partial charge in [0, 0.05) is 25.4 Å². The average Bonchev–Trinajstić information content (AvgIpc) is 3.24. The quantitative estimate of drug-likeness (QED) is 0.808. The summed E-state index contributed by atoms with van der Waals surface area (Å²) in [5.74, 6) is -0.0931. The van der Waals surface area contributed by atoms with Gasteiger partial charge in [-0.1, -0.05) is 55.5 Å². The van der Waals surface area contributed by atoms with Crippen LogP contribution in [0.1, 0.15) is 49.6 Å². The summed E-state index contributed by atoms with van der Waals surface area (Å²) in [5, 5.41) is 12.6. The molecule has 2 heterocycles. The smallest absolute Gasteiger partial charge is 0.231 e. The molecule has 1 aromatic heterocycles. The van der Waals surface area contributed by atoms with Gasteiger partial charge in [-0.2, -0.15) is 0 Å². The fraction of sp³-hybridized carbons (Fsp3) is 0.474. The first kappa shape index (κ1) is 18.5. The van der Waals surface area contributed by atoms with Crippen LogP contribution in [0.2, 0.25) is 0 Å². The molecular formula is C19H24N4O2S. The van der Waals surface area contributed by atoms with Crippen LogP contribution in [0, 0.1) is 5.92 Å². The van der Waals surface area contributed by atoms with Crippen LogP contribution in [0.3, 0.4) is 0 Å². The first-order valence-corrected chi connectivity index (χ1v) is 9.88. The van der Waals surface area contributed by atoms with Crippen molar-refractivity contribution < 1.29 is 9.59 Å². The Morgan fingerprint density at radius 3 is 2.69 bits per heavy atom. The lowest BCUT2D eigenvalue weighted by Crippen LogP contribution is -2.28. The number of anilines is 1. The van der Waals surface area contributed by atoms with Crippen molar-refractivity contribution in [2.45, 2.75) is 45.6 Å². The summed E-state index contributed by atoms with van der Waals surface area (Å²) in [6, 6.07) is 9.83. The molecule has 0 aliphatic carbocycles. The molecule has 1 aliphatic heterocycles. The van der Waals surface area contributed by atoms with Crippen molar-refractivity contribution in [3.8, 4) is 0 Å². The van der Waals surface area contributed by atoms with E-state index < -0.39 is 0 Å². The molecule has 3 rings (SSSR count). The van der Waals surface area contributed by atoms with Gasteiger partial charge in [0.15, 0.2) is 0 Å². The van der Waals surface area contributed by atoms with Gasteiger partial charge in [-0.25, -0.2) is 0 Å². The zero-order valence-electron chi connectivity index (χ0n) is 15.1. The van der Waals surface area contributed by atoms with Gasteiger partial charge < -0.3 is 10.2 Å². The zero-order chi connectivity index (χ0) is 18.5. The molecule has 0 spiro atoms. The Kier molecular flexibility index (Phi) is 5.98. The van der Waals surface area contributed by atoms with Crippen molar-refractivity contribution in [3.63, 3.8) is 0 Å². The van der Waals surface area contributed by atoms with Crippen molar-refractivity contribution in [1.29, 1.82) is 0 Å². The highest BCUT2D eigenvalue weighted by molar-refractivity contribution is 7.15. The number of nitrogens with zero attached hydrogens (tertiary/aromatic N) is 3. The van der Waals surface area contributed by atoms with Gasteiger partial charge in [0.1, 0.15) is 5.01 Å². The fourth-order valence-corrected chi connectivity index (χ4v) is 4.21. The van der Waals surface area contributed by atoms with E-state index in [9.17, 15) is 9.59 Å². The summed E-state index contributed by atoms with van der Waals surface area (Å²) in [6.45, 7) is 5.23.